The molecule has 0 saturated heterocycles. The maximum Gasteiger partial charge on any atom is 0.336 e. The summed E-state index contributed by atoms with van der Waals surface area (Å²) in [6.07, 6.45) is 1.45. The lowest BCUT2D eigenvalue weighted by Crippen LogP contribution is -3.12. The van der Waals surface area contributed by atoms with Crippen molar-refractivity contribution < 1.29 is 18.4 Å². The van der Waals surface area contributed by atoms with E-state index in [4.69, 9.17) is 20.8 Å². The minimum Gasteiger partial charge on any atom is -0.443 e. The Labute approximate surface area is 161 Å². The van der Waals surface area contributed by atoms with Crippen LogP contribution < -0.4 is 15.3 Å². The maximum atomic E-state index is 13.4. The Bertz CT molecular complexity index is 1060. The van der Waals surface area contributed by atoms with Crippen molar-refractivity contribution >= 4 is 22.6 Å². The number of hydrogen-bond donors (Lipinski definition) is 1. The first kappa shape index (κ1) is 18.0. The van der Waals surface area contributed by atoms with Crippen LogP contribution in [0.15, 0.2) is 45.6 Å². The smallest absolute Gasteiger partial charge is 0.336 e. The van der Waals surface area contributed by atoms with Crippen LogP contribution in [0.2, 0.25) is 5.02 Å². The molecule has 0 bridgehead atoms. The highest BCUT2D eigenvalue weighted by Crippen LogP contribution is 2.37. The lowest BCUT2D eigenvalue weighted by molar-refractivity contribution is -0.932. The molecule has 0 saturated carbocycles. The molecule has 3 aromatic rings. The van der Waals surface area contributed by atoms with E-state index in [0.717, 1.165) is 35.0 Å². The van der Waals surface area contributed by atoms with E-state index >= 15 is 0 Å². The van der Waals surface area contributed by atoms with Gasteiger partial charge in [-0.15, -0.1) is 0 Å². The van der Waals surface area contributed by atoms with Gasteiger partial charge in [0, 0.05) is 17.9 Å². The van der Waals surface area contributed by atoms with E-state index < -0.39 is 0 Å². The number of quaternary nitrogens is 1. The standard InChI is InChI=1S/C21H19ClFNO3/c1-2-14-9-19(25)27-20-16(14)10-18(22)21-17(20)11-24(12-26-21)7-6-13-4-3-5-15(23)8-13/h3-5,8-10H,2,6-7,11-12H2,1H3/p+1. The molecule has 0 spiro atoms. The summed E-state index contributed by atoms with van der Waals surface area (Å²) in [4.78, 5) is 13.1. The van der Waals surface area contributed by atoms with Gasteiger partial charge in [0.2, 0.25) is 6.73 Å². The van der Waals surface area contributed by atoms with Crippen LogP contribution in [-0.4, -0.2) is 13.3 Å². The van der Waals surface area contributed by atoms with Crippen LogP contribution in [0.25, 0.3) is 11.0 Å². The van der Waals surface area contributed by atoms with Crippen molar-refractivity contribution in [1.82, 2.24) is 0 Å². The third kappa shape index (κ3) is 3.57. The summed E-state index contributed by atoms with van der Waals surface area (Å²) in [5.41, 5.74) is 2.88. The Kier molecular flexibility index (Phi) is 4.89. The van der Waals surface area contributed by atoms with Crippen LogP contribution in [0.5, 0.6) is 5.75 Å². The van der Waals surface area contributed by atoms with Gasteiger partial charge in [0.1, 0.15) is 12.4 Å². The number of nitrogens with one attached hydrogen (secondary N) is 1. The molecule has 0 amide bonds. The molecule has 0 radical (unpaired) electrons. The first-order chi connectivity index (χ1) is 13.0. The van der Waals surface area contributed by atoms with Crippen LogP contribution >= 0.6 is 11.6 Å². The van der Waals surface area contributed by atoms with E-state index in [1.54, 1.807) is 12.1 Å². The number of benzene rings is 2. The van der Waals surface area contributed by atoms with Crippen molar-refractivity contribution in [3.63, 3.8) is 0 Å². The summed E-state index contributed by atoms with van der Waals surface area (Å²) in [6, 6.07) is 9.96. The van der Waals surface area contributed by atoms with E-state index in [2.05, 4.69) is 0 Å². The molecule has 140 valence electrons. The summed E-state index contributed by atoms with van der Waals surface area (Å²) < 4.78 is 24.8. The van der Waals surface area contributed by atoms with Crippen LogP contribution in [0, 0.1) is 5.82 Å². The average Bonchev–Trinajstić information content (AvgIpc) is 2.66. The third-order valence-electron chi connectivity index (χ3n) is 5.01. The van der Waals surface area contributed by atoms with Crippen molar-refractivity contribution in [2.45, 2.75) is 26.3 Å². The maximum absolute atomic E-state index is 13.4. The van der Waals surface area contributed by atoms with Crippen LogP contribution in [0.3, 0.4) is 0 Å². The lowest BCUT2D eigenvalue weighted by Gasteiger charge is -2.27. The minimum atomic E-state index is -0.365. The zero-order valence-corrected chi connectivity index (χ0v) is 15.7. The molecule has 1 aliphatic rings. The van der Waals surface area contributed by atoms with Gasteiger partial charge in [-0.05, 0) is 35.7 Å². The van der Waals surface area contributed by atoms with Gasteiger partial charge in [0.05, 0.1) is 17.1 Å². The van der Waals surface area contributed by atoms with Gasteiger partial charge in [-0.25, -0.2) is 9.18 Å². The molecule has 27 heavy (non-hydrogen) atoms. The van der Waals surface area contributed by atoms with E-state index in [-0.39, 0.29) is 11.4 Å². The number of halogens is 2. The number of aryl methyl sites for hydroxylation is 1. The van der Waals surface area contributed by atoms with E-state index in [0.29, 0.717) is 36.1 Å². The van der Waals surface area contributed by atoms with Crippen molar-refractivity contribution in [3.05, 3.63) is 74.3 Å². The molecule has 2 heterocycles. The SMILES string of the molecule is CCc1cc(=O)oc2c3c(c(Cl)cc12)OC[NH+](CCc1cccc(F)c1)C3. The van der Waals surface area contributed by atoms with Gasteiger partial charge in [-0.3, -0.25) is 4.90 Å². The fraction of sp³-hybridized carbons (Fsp3) is 0.286. The summed E-state index contributed by atoms with van der Waals surface area (Å²) >= 11 is 6.43. The Morgan fingerprint density at radius 2 is 2.11 bits per heavy atom. The molecule has 2 aromatic carbocycles. The molecule has 1 aromatic heterocycles. The van der Waals surface area contributed by atoms with Gasteiger partial charge < -0.3 is 9.15 Å². The molecular formula is C21H20ClFNO3+. The molecule has 0 aliphatic carbocycles. The molecule has 1 aliphatic heterocycles. The first-order valence-electron chi connectivity index (χ1n) is 9.04. The summed E-state index contributed by atoms with van der Waals surface area (Å²) in [7, 11) is 0. The second-order valence-corrected chi connectivity index (χ2v) is 7.24. The Balaban J connectivity index is 1.65. The zero-order valence-electron chi connectivity index (χ0n) is 15.0. The van der Waals surface area contributed by atoms with Crippen molar-refractivity contribution in [2.24, 2.45) is 0 Å². The summed E-state index contributed by atoms with van der Waals surface area (Å²) in [5, 5.41) is 1.39. The van der Waals surface area contributed by atoms with Crippen LogP contribution in [0.4, 0.5) is 4.39 Å². The molecule has 6 heteroatoms. The predicted molar refractivity (Wildman–Crippen MR) is 102 cm³/mol. The molecule has 0 fully saturated rings. The van der Waals surface area contributed by atoms with Crippen molar-refractivity contribution in [3.8, 4) is 5.75 Å². The monoisotopic (exact) mass is 388 g/mol. The predicted octanol–water partition coefficient (Wildman–Crippen LogP) is 3.13. The van der Waals surface area contributed by atoms with Crippen molar-refractivity contribution in [1.29, 1.82) is 0 Å². The second kappa shape index (κ2) is 7.33. The van der Waals surface area contributed by atoms with E-state index in [9.17, 15) is 9.18 Å². The fourth-order valence-corrected chi connectivity index (χ4v) is 3.91. The Hall–Kier alpha value is -2.37. The number of ether oxygens (including phenoxy) is 1. The molecule has 1 atom stereocenters. The average molecular weight is 389 g/mol. The molecule has 4 nitrogen and oxygen atoms in total. The van der Waals surface area contributed by atoms with Crippen molar-refractivity contribution in [2.75, 3.05) is 13.3 Å². The van der Waals surface area contributed by atoms with E-state index in [1.165, 1.54) is 17.0 Å². The minimum absolute atomic E-state index is 0.227. The number of hydrogen-bond acceptors (Lipinski definition) is 3. The summed E-state index contributed by atoms with van der Waals surface area (Å²) in [6.45, 7) is 3.87. The van der Waals surface area contributed by atoms with Gasteiger partial charge in [0.25, 0.3) is 0 Å². The highest BCUT2D eigenvalue weighted by molar-refractivity contribution is 6.33. The normalized spacial score (nSPS) is 16.2. The van der Waals surface area contributed by atoms with Gasteiger partial charge in [0.15, 0.2) is 11.3 Å². The number of fused-ring (bicyclic) bond motifs is 3. The van der Waals surface area contributed by atoms with Gasteiger partial charge in [-0.2, -0.15) is 0 Å². The summed E-state index contributed by atoms with van der Waals surface area (Å²) in [5.74, 6) is 0.365. The largest absolute Gasteiger partial charge is 0.443 e. The quantitative estimate of drug-likeness (QED) is 0.698. The topological polar surface area (TPSA) is 43.9 Å². The highest BCUT2D eigenvalue weighted by atomic mass is 35.5. The van der Waals surface area contributed by atoms with Crippen LogP contribution in [-0.2, 0) is 19.4 Å². The Morgan fingerprint density at radius 3 is 2.89 bits per heavy atom. The second-order valence-electron chi connectivity index (χ2n) is 6.83. The lowest BCUT2D eigenvalue weighted by atomic mass is 10.0. The molecular weight excluding hydrogens is 369 g/mol. The highest BCUT2D eigenvalue weighted by Gasteiger charge is 2.27. The Morgan fingerprint density at radius 1 is 1.26 bits per heavy atom. The third-order valence-corrected chi connectivity index (χ3v) is 5.29. The molecule has 1 N–H and O–H groups in total. The first-order valence-corrected chi connectivity index (χ1v) is 9.42. The zero-order chi connectivity index (χ0) is 19.0. The fourth-order valence-electron chi connectivity index (χ4n) is 3.63. The van der Waals surface area contributed by atoms with E-state index in [1.807, 2.05) is 19.1 Å². The van der Waals surface area contributed by atoms with Gasteiger partial charge in [-0.1, -0.05) is 30.7 Å². The van der Waals surface area contributed by atoms with Gasteiger partial charge >= 0.3 is 5.63 Å². The van der Waals surface area contributed by atoms with Crippen LogP contribution in [0.1, 0.15) is 23.6 Å². The number of rotatable bonds is 4. The molecule has 1 unspecified atom stereocenters. The molecule has 4 rings (SSSR count).